The van der Waals surface area contributed by atoms with E-state index in [1.807, 2.05) is 13.8 Å². The second-order valence-electron chi connectivity index (χ2n) is 7.69. The number of amides is 2. The van der Waals surface area contributed by atoms with Gasteiger partial charge in [0.15, 0.2) is 0 Å². The zero-order chi connectivity index (χ0) is 18.6. The summed E-state index contributed by atoms with van der Waals surface area (Å²) in [7, 11) is -3.61. The molecule has 0 aromatic rings. The molecule has 0 unspecified atom stereocenters. The topological polar surface area (TPSA) is 86.8 Å². The molecule has 0 radical (unpaired) electrons. The van der Waals surface area contributed by atoms with Crippen molar-refractivity contribution in [3.8, 4) is 0 Å². The zero-order valence-corrected chi connectivity index (χ0v) is 16.3. The van der Waals surface area contributed by atoms with Crippen LogP contribution in [0.15, 0.2) is 0 Å². The standard InChI is InChI=1S/C17H31N3O4S/c1-13(2)17(22)20-10-8-19(9-11-20)16(21)12-25(23,24)18-15-6-4-14(3)5-7-15/h13-15,18H,4-12H2,1-3H3. The number of sulfonamides is 1. The summed E-state index contributed by atoms with van der Waals surface area (Å²) in [5, 5.41) is 0. The monoisotopic (exact) mass is 373 g/mol. The van der Waals surface area contributed by atoms with E-state index in [1.54, 1.807) is 9.80 Å². The summed E-state index contributed by atoms with van der Waals surface area (Å²) >= 11 is 0. The molecule has 1 saturated carbocycles. The van der Waals surface area contributed by atoms with Gasteiger partial charge in [-0.05, 0) is 31.6 Å². The number of nitrogens with one attached hydrogen (secondary N) is 1. The Morgan fingerprint density at radius 3 is 2.04 bits per heavy atom. The Morgan fingerprint density at radius 1 is 1.00 bits per heavy atom. The highest BCUT2D eigenvalue weighted by atomic mass is 32.2. The van der Waals surface area contributed by atoms with Gasteiger partial charge in [-0.25, -0.2) is 13.1 Å². The first-order valence-corrected chi connectivity index (χ1v) is 10.9. The van der Waals surface area contributed by atoms with Gasteiger partial charge in [0, 0.05) is 38.1 Å². The van der Waals surface area contributed by atoms with Crippen LogP contribution >= 0.6 is 0 Å². The van der Waals surface area contributed by atoms with Gasteiger partial charge in [-0.3, -0.25) is 9.59 Å². The molecular formula is C17H31N3O4S. The van der Waals surface area contributed by atoms with Crippen molar-refractivity contribution < 1.29 is 18.0 Å². The van der Waals surface area contributed by atoms with Crippen molar-refractivity contribution in [2.75, 3.05) is 31.9 Å². The average Bonchev–Trinajstić information content (AvgIpc) is 2.55. The molecule has 2 amide bonds. The highest BCUT2D eigenvalue weighted by Gasteiger charge is 2.29. The second kappa shape index (κ2) is 8.49. The van der Waals surface area contributed by atoms with E-state index in [-0.39, 0.29) is 23.8 Å². The minimum Gasteiger partial charge on any atom is -0.339 e. The third-order valence-corrected chi connectivity index (χ3v) is 6.43. The lowest BCUT2D eigenvalue weighted by Crippen LogP contribution is -2.53. The van der Waals surface area contributed by atoms with Crippen LogP contribution in [0.4, 0.5) is 0 Å². The summed E-state index contributed by atoms with van der Waals surface area (Å²) in [5.74, 6) is -0.226. The molecule has 7 nitrogen and oxygen atoms in total. The van der Waals surface area contributed by atoms with Crippen LogP contribution in [0.2, 0.25) is 0 Å². The lowest BCUT2D eigenvalue weighted by atomic mass is 9.88. The predicted octanol–water partition coefficient (Wildman–Crippen LogP) is 0.811. The van der Waals surface area contributed by atoms with Gasteiger partial charge in [-0.15, -0.1) is 0 Å². The van der Waals surface area contributed by atoms with Crippen molar-refractivity contribution in [2.24, 2.45) is 11.8 Å². The molecule has 0 atom stereocenters. The molecule has 0 aromatic carbocycles. The lowest BCUT2D eigenvalue weighted by molar-refractivity contribution is -0.140. The molecule has 1 aliphatic carbocycles. The van der Waals surface area contributed by atoms with E-state index >= 15 is 0 Å². The van der Waals surface area contributed by atoms with Crippen LogP contribution in [0.25, 0.3) is 0 Å². The maximum absolute atomic E-state index is 12.3. The predicted molar refractivity (Wildman–Crippen MR) is 96.3 cm³/mol. The van der Waals surface area contributed by atoms with Crippen molar-refractivity contribution in [3.05, 3.63) is 0 Å². The van der Waals surface area contributed by atoms with Crippen molar-refractivity contribution in [2.45, 2.75) is 52.5 Å². The van der Waals surface area contributed by atoms with E-state index in [1.165, 1.54) is 0 Å². The molecule has 0 bridgehead atoms. The van der Waals surface area contributed by atoms with Crippen LogP contribution in [0.5, 0.6) is 0 Å². The Morgan fingerprint density at radius 2 is 1.52 bits per heavy atom. The van der Waals surface area contributed by atoms with Crippen LogP contribution in [0.1, 0.15) is 46.5 Å². The Labute approximate surface area is 151 Å². The fourth-order valence-corrected chi connectivity index (χ4v) is 4.80. The molecule has 8 heteroatoms. The van der Waals surface area contributed by atoms with Gasteiger partial charge in [0.05, 0.1) is 0 Å². The number of hydrogen-bond acceptors (Lipinski definition) is 4. The van der Waals surface area contributed by atoms with E-state index in [0.29, 0.717) is 32.1 Å². The zero-order valence-electron chi connectivity index (χ0n) is 15.5. The van der Waals surface area contributed by atoms with Gasteiger partial charge in [-0.1, -0.05) is 20.8 Å². The van der Waals surface area contributed by atoms with Crippen molar-refractivity contribution in [1.29, 1.82) is 0 Å². The maximum Gasteiger partial charge on any atom is 0.239 e. The van der Waals surface area contributed by atoms with Gasteiger partial charge in [0.1, 0.15) is 5.75 Å². The summed E-state index contributed by atoms with van der Waals surface area (Å²) in [4.78, 5) is 27.6. The average molecular weight is 374 g/mol. The lowest BCUT2D eigenvalue weighted by Gasteiger charge is -2.35. The first-order valence-electron chi connectivity index (χ1n) is 9.24. The number of nitrogens with zero attached hydrogens (tertiary/aromatic N) is 2. The number of piperazine rings is 1. The largest absolute Gasteiger partial charge is 0.339 e. The summed E-state index contributed by atoms with van der Waals surface area (Å²) in [5.41, 5.74) is 0. The highest BCUT2D eigenvalue weighted by Crippen LogP contribution is 2.23. The number of hydrogen-bond donors (Lipinski definition) is 1. The molecule has 0 aromatic heterocycles. The first kappa shape index (κ1) is 20.2. The molecule has 2 fully saturated rings. The van der Waals surface area contributed by atoms with E-state index in [9.17, 15) is 18.0 Å². The summed E-state index contributed by atoms with van der Waals surface area (Å²) in [6.07, 6.45) is 3.72. The van der Waals surface area contributed by atoms with Crippen LogP contribution in [-0.2, 0) is 19.6 Å². The van der Waals surface area contributed by atoms with E-state index in [2.05, 4.69) is 11.6 Å². The first-order chi connectivity index (χ1) is 11.7. The smallest absolute Gasteiger partial charge is 0.239 e. The van der Waals surface area contributed by atoms with Gasteiger partial charge in [0.2, 0.25) is 21.8 Å². The number of carbonyl (C=O) groups is 2. The quantitative estimate of drug-likeness (QED) is 0.773. The number of carbonyl (C=O) groups excluding carboxylic acids is 2. The van der Waals surface area contributed by atoms with Gasteiger partial charge >= 0.3 is 0 Å². The molecule has 2 aliphatic rings. The highest BCUT2D eigenvalue weighted by molar-refractivity contribution is 7.90. The normalized spacial score (nSPS) is 25.3. The fourth-order valence-electron chi connectivity index (χ4n) is 3.47. The molecule has 144 valence electrons. The van der Waals surface area contributed by atoms with E-state index < -0.39 is 15.8 Å². The SMILES string of the molecule is CC1CCC(NS(=O)(=O)CC(=O)N2CCN(C(=O)C(C)C)CC2)CC1. The van der Waals surface area contributed by atoms with Crippen molar-refractivity contribution in [3.63, 3.8) is 0 Å². The van der Waals surface area contributed by atoms with Crippen molar-refractivity contribution >= 4 is 21.8 Å². The van der Waals surface area contributed by atoms with E-state index in [0.717, 1.165) is 25.7 Å². The second-order valence-corrected chi connectivity index (χ2v) is 9.45. The Balaban J connectivity index is 1.80. The maximum atomic E-state index is 12.3. The Bertz CT molecular complexity index is 575. The van der Waals surface area contributed by atoms with Crippen LogP contribution in [-0.4, -0.2) is 68.0 Å². The van der Waals surface area contributed by atoms with Gasteiger partial charge in [-0.2, -0.15) is 0 Å². The Kier molecular flexibility index (Phi) is 6.85. The van der Waals surface area contributed by atoms with Crippen LogP contribution in [0, 0.1) is 11.8 Å². The molecule has 25 heavy (non-hydrogen) atoms. The molecule has 1 aliphatic heterocycles. The molecule has 1 N–H and O–H groups in total. The minimum absolute atomic E-state index is 0.0467. The molecule has 0 spiro atoms. The molecule has 2 rings (SSSR count). The number of rotatable bonds is 5. The fraction of sp³-hybridized carbons (Fsp3) is 0.882. The summed E-state index contributed by atoms with van der Waals surface area (Å²) in [6.45, 7) is 7.61. The third kappa shape index (κ3) is 5.95. The van der Waals surface area contributed by atoms with Gasteiger partial charge < -0.3 is 9.80 Å². The van der Waals surface area contributed by atoms with Gasteiger partial charge in [0.25, 0.3) is 0 Å². The molecular weight excluding hydrogens is 342 g/mol. The molecule has 1 heterocycles. The van der Waals surface area contributed by atoms with E-state index in [4.69, 9.17) is 0 Å². The summed E-state index contributed by atoms with van der Waals surface area (Å²) < 4.78 is 27.2. The minimum atomic E-state index is -3.61. The van der Waals surface area contributed by atoms with Crippen LogP contribution in [0.3, 0.4) is 0 Å². The van der Waals surface area contributed by atoms with Crippen molar-refractivity contribution in [1.82, 2.24) is 14.5 Å². The summed E-state index contributed by atoms with van der Waals surface area (Å²) in [6, 6.07) is -0.0467. The van der Waals surface area contributed by atoms with Crippen LogP contribution < -0.4 is 4.72 Å². The Hall–Kier alpha value is -1.15. The third-order valence-electron chi connectivity index (χ3n) is 5.11. The molecule has 1 saturated heterocycles.